The Balaban J connectivity index is 2.27. The highest BCUT2D eigenvalue weighted by Crippen LogP contribution is 2.20. The van der Waals surface area contributed by atoms with E-state index >= 15 is 0 Å². The van der Waals surface area contributed by atoms with Gasteiger partial charge in [0.25, 0.3) is 0 Å². The molecule has 0 aliphatic rings. The van der Waals surface area contributed by atoms with Crippen LogP contribution in [0.1, 0.15) is 44.9 Å². The summed E-state index contributed by atoms with van der Waals surface area (Å²) in [6.45, 7) is 9.46. The van der Waals surface area contributed by atoms with Gasteiger partial charge < -0.3 is 10.1 Å². The lowest BCUT2D eigenvalue weighted by Gasteiger charge is -2.23. The van der Waals surface area contributed by atoms with Crippen LogP contribution in [0.5, 0.6) is 0 Å². The molecule has 1 aromatic carbocycles. The van der Waals surface area contributed by atoms with Crippen molar-refractivity contribution in [2.75, 3.05) is 20.1 Å². The van der Waals surface area contributed by atoms with Gasteiger partial charge in [-0.1, -0.05) is 38.1 Å². The van der Waals surface area contributed by atoms with Crippen molar-refractivity contribution in [1.82, 2.24) is 20.3 Å². The maximum atomic E-state index is 11.2. The maximum Gasteiger partial charge on any atom is 0.159 e. The van der Waals surface area contributed by atoms with Gasteiger partial charge in [-0.2, -0.15) is 5.10 Å². The Hall–Kier alpha value is -2.60. The number of nitrogens with zero attached hydrogens (tertiary/aromatic N) is 4. The molecule has 0 amide bonds. The molecule has 0 spiro atoms. The lowest BCUT2D eigenvalue weighted by atomic mass is 10.0. The Morgan fingerprint density at radius 1 is 1.22 bits per heavy atom. The molecule has 27 heavy (non-hydrogen) atoms. The molecular weight excluding hydrogens is 338 g/mol. The summed E-state index contributed by atoms with van der Waals surface area (Å²) in [7, 11) is 1.88. The SMILES string of the molecule is CNCCN(/N=C(\C)c1ccnc(-c2ccc(C(C)C)cc2)n1)C(C)C=O. The molecule has 6 heteroatoms. The zero-order chi connectivity index (χ0) is 19.8. The third kappa shape index (κ3) is 5.69. The minimum atomic E-state index is -0.293. The number of likely N-dealkylation sites (N-methyl/N-ethyl adjacent to an activating group) is 1. The van der Waals surface area contributed by atoms with Gasteiger partial charge in [0.1, 0.15) is 6.29 Å². The summed E-state index contributed by atoms with van der Waals surface area (Å²) in [6.07, 6.45) is 2.64. The standard InChI is InChI=1S/C21H29N5O/c1-15(2)18-6-8-19(9-7-18)21-23-11-10-20(24-21)17(4)25-26(13-12-22-5)16(3)14-27/h6-11,14-16,22H,12-13H2,1-5H3/b25-17+. The van der Waals surface area contributed by atoms with Crippen LogP contribution in [0.2, 0.25) is 0 Å². The van der Waals surface area contributed by atoms with Crippen molar-refractivity contribution in [2.45, 2.75) is 39.7 Å². The number of hydrogen-bond acceptors (Lipinski definition) is 6. The first-order valence-corrected chi connectivity index (χ1v) is 9.31. The number of aldehydes is 1. The second kappa shape index (κ2) is 9.92. The van der Waals surface area contributed by atoms with Gasteiger partial charge in [0.05, 0.1) is 17.4 Å². The first kappa shape index (κ1) is 20.7. The fourth-order valence-electron chi connectivity index (χ4n) is 2.60. The Bertz CT molecular complexity index is 770. The Morgan fingerprint density at radius 2 is 1.93 bits per heavy atom. The van der Waals surface area contributed by atoms with E-state index in [9.17, 15) is 4.79 Å². The number of carbonyl (C=O) groups is 1. The smallest absolute Gasteiger partial charge is 0.159 e. The van der Waals surface area contributed by atoms with E-state index in [1.54, 1.807) is 11.2 Å². The normalized spacial score (nSPS) is 12.9. The van der Waals surface area contributed by atoms with E-state index in [0.29, 0.717) is 18.3 Å². The summed E-state index contributed by atoms with van der Waals surface area (Å²) in [6, 6.07) is 9.87. The quantitative estimate of drug-likeness (QED) is 0.419. The number of hydrazone groups is 1. The molecule has 0 aliphatic carbocycles. The monoisotopic (exact) mass is 367 g/mol. The van der Waals surface area contributed by atoms with Crippen LogP contribution in [-0.2, 0) is 4.79 Å². The lowest BCUT2D eigenvalue weighted by Crippen LogP contribution is -2.35. The molecule has 144 valence electrons. The molecule has 1 atom stereocenters. The molecule has 0 saturated heterocycles. The number of rotatable bonds is 9. The van der Waals surface area contributed by atoms with Crippen molar-refractivity contribution in [3.63, 3.8) is 0 Å². The third-order valence-electron chi connectivity index (χ3n) is 4.40. The van der Waals surface area contributed by atoms with Gasteiger partial charge in [-0.3, -0.25) is 5.01 Å². The van der Waals surface area contributed by atoms with E-state index in [-0.39, 0.29) is 6.04 Å². The summed E-state index contributed by atoms with van der Waals surface area (Å²) >= 11 is 0. The first-order chi connectivity index (χ1) is 13.0. The Morgan fingerprint density at radius 3 is 2.52 bits per heavy atom. The molecule has 0 fully saturated rings. The predicted molar refractivity (Wildman–Crippen MR) is 110 cm³/mol. The lowest BCUT2D eigenvalue weighted by molar-refractivity contribution is -0.111. The van der Waals surface area contributed by atoms with Crippen LogP contribution in [0.4, 0.5) is 0 Å². The summed E-state index contributed by atoms with van der Waals surface area (Å²) in [5, 5.41) is 9.47. The van der Waals surface area contributed by atoms with E-state index in [4.69, 9.17) is 0 Å². The van der Waals surface area contributed by atoms with Gasteiger partial charge in [0.2, 0.25) is 0 Å². The second-order valence-electron chi connectivity index (χ2n) is 6.87. The Labute approximate surface area is 161 Å². The average molecular weight is 367 g/mol. The largest absolute Gasteiger partial charge is 0.318 e. The number of hydrogen-bond donors (Lipinski definition) is 1. The molecule has 2 aromatic rings. The van der Waals surface area contributed by atoms with Crippen LogP contribution >= 0.6 is 0 Å². The Kier molecular flexibility index (Phi) is 7.61. The van der Waals surface area contributed by atoms with Gasteiger partial charge in [-0.15, -0.1) is 0 Å². The minimum absolute atomic E-state index is 0.293. The van der Waals surface area contributed by atoms with E-state index in [1.807, 2.05) is 27.0 Å². The first-order valence-electron chi connectivity index (χ1n) is 9.31. The van der Waals surface area contributed by atoms with Crippen molar-refractivity contribution < 1.29 is 4.79 Å². The van der Waals surface area contributed by atoms with Crippen molar-refractivity contribution in [3.05, 3.63) is 47.8 Å². The summed E-state index contributed by atoms with van der Waals surface area (Å²) in [5.41, 5.74) is 3.76. The number of benzene rings is 1. The van der Waals surface area contributed by atoms with Gasteiger partial charge in [0, 0.05) is 24.8 Å². The van der Waals surface area contributed by atoms with E-state index in [0.717, 1.165) is 29.8 Å². The molecule has 0 bridgehead atoms. The predicted octanol–water partition coefficient (Wildman–Crippen LogP) is 3.10. The molecule has 1 aromatic heterocycles. The highest BCUT2D eigenvalue weighted by molar-refractivity contribution is 5.97. The van der Waals surface area contributed by atoms with Crippen LogP contribution in [0, 0.1) is 0 Å². The molecule has 1 N–H and O–H groups in total. The van der Waals surface area contributed by atoms with Gasteiger partial charge in [-0.05, 0) is 38.4 Å². The van der Waals surface area contributed by atoms with Crippen LogP contribution in [-0.4, -0.2) is 53.2 Å². The van der Waals surface area contributed by atoms with Gasteiger partial charge in [0.15, 0.2) is 5.82 Å². The van der Waals surface area contributed by atoms with Crippen molar-refractivity contribution in [2.24, 2.45) is 5.10 Å². The summed E-state index contributed by atoms with van der Waals surface area (Å²) < 4.78 is 0. The highest BCUT2D eigenvalue weighted by atomic mass is 16.1. The molecule has 1 heterocycles. The molecule has 0 radical (unpaired) electrons. The number of carbonyl (C=O) groups excluding carboxylic acids is 1. The zero-order valence-corrected chi connectivity index (χ0v) is 16.8. The van der Waals surface area contributed by atoms with Crippen LogP contribution in [0.25, 0.3) is 11.4 Å². The van der Waals surface area contributed by atoms with Crippen molar-refractivity contribution in [1.29, 1.82) is 0 Å². The molecule has 2 rings (SSSR count). The fourth-order valence-corrected chi connectivity index (χ4v) is 2.60. The highest BCUT2D eigenvalue weighted by Gasteiger charge is 2.12. The molecule has 0 saturated carbocycles. The molecular formula is C21H29N5O. The molecule has 0 aliphatic heterocycles. The van der Waals surface area contributed by atoms with Crippen molar-refractivity contribution >= 4 is 12.0 Å². The van der Waals surface area contributed by atoms with Crippen LogP contribution < -0.4 is 5.32 Å². The van der Waals surface area contributed by atoms with Crippen molar-refractivity contribution in [3.8, 4) is 11.4 Å². The summed E-state index contributed by atoms with van der Waals surface area (Å²) in [5.74, 6) is 1.16. The van der Waals surface area contributed by atoms with E-state index < -0.39 is 0 Å². The fraction of sp³-hybridized carbons (Fsp3) is 0.429. The zero-order valence-electron chi connectivity index (χ0n) is 16.8. The topological polar surface area (TPSA) is 70.5 Å². The van der Waals surface area contributed by atoms with E-state index in [1.165, 1.54) is 5.56 Å². The number of aromatic nitrogens is 2. The number of nitrogens with one attached hydrogen (secondary N) is 1. The minimum Gasteiger partial charge on any atom is -0.318 e. The third-order valence-corrected chi connectivity index (χ3v) is 4.40. The maximum absolute atomic E-state index is 11.2. The molecule has 1 unspecified atom stereocenters. The second-order valence-corrected chi connectivity index (χ2v) is 6.87. The van der Waals surface area contributed by atoms with E-state index in [2.05, 4.69) is 58.5 Å². The summed E-state index contributed by atoms with van der Waals surface area (Å²) in [4.78, 5) is 20.2. The van der Waals surface area contributed by atoms with Gasteiger partial charge in [-0.25, -0.2) is 9.97 Å². The van der Waals surface area contributed by atoms with Crippen LogP contribution in [0.15, 0.2) is 41.6 Å². The average Bonchev–Trinajstić information content (AvgIpc) is 2.70. The van der Waals surface area contributed by atoms with Gasteiger partial charge >= 0.3 is 0 Å². The van der Waals surface area contributed by atoms with Crippen LogP contribution in [0.3, 0.4) is 0 Å². The molecule has 6 nitrogen and oxygen atoms in total.